The zero-order chi connectivity index (χ0) is 33.3. The summed E-state index contributed by atoms with van der Waals surface area (Å²) < 4.78 is 120. The van der Waals surface area contributed by atoms with Crippen LogP contribution in [0.1, 0.15) is 28.4 Å². The Bertz CT molecular complexity index is 1730. The Hall–Kier alpha value is -4.46. The fraction of sp³-hybridized carbons (Fsp3) is 0.333. The summed E-state index contributed by atoms with van der Waals surface area (Å²) in [6.45, 7) is -3.13. The monoisotopic (exact) mass is 672 g/mol. The molecule has 0 saturated carbocycles. The maximum atomic E-state index is 13.7. The van der Waals surface area contributed by atoms with Crippen LogP contribution in [-0.2, 0) is 19.3 Å². The molecule has 1 amide bonds. The number of amides is 1. The number of alkyl halides is 9. The summed E-state index contributed by atoms with van der Waals surface area (Å²) >= 11 is 5.85. The van der Waals surface area contributed by atoms with Crippen molar-refractivity contribution in [2.24, 2.45) is 0 Å². The standard InChI is InChI=1S/C24H18ClF9N8O3/c25-13-5-3-12(4-6-13)17-39-41(21(45)40(17)10-15(43)24(32,33)34)11-16-37-19(20(44)36-9-7-22(26,27)28)42(38-16)18-14(23(29,30)31)2-1-8-35-18/h1-6,8,15,43H,7,9-11H2,(H,36,44)/t15-/m0/s1. The number of hydrogen-bond donors (Lipinski definition) is 2. The topological polar surface area (TPSA) is 133 Å². The molecule has 0 bridgehead atoms. The number of nitrogens with zero attached hydrogens (tertiary/aromatic N) is 7. The number of rotatable bonds is 9. The van der Waals surface area contributed by atoms with Crippen molar-refractivity contribution in [3.63, 3.8) is 0 Å². The van der Waals surface area contributed by atoms with Crippen LogP contribution in [0.4, 0.5) is 39.5 Å². The molecule has 0 aliphatic rings. The number of carbonyl (C=O) groups is 1. The van der Waals surface area contributed by atoms with Crippen LogP contribution in [0.15, 0.2) is 47.4 Å². The number of hydrogen-bond acceptors (Lipinski definition) is 7. The van der Waals surface area contributed by atoms with Crippen LogP contribution in [0.3, 0.4) is 0 Å². The van der Waals surface area contributed by atoms with Crippen molar-refractivity contribution in [3.8, 4) is 17.2 Å². The van der Waals surface area contributed by atoms with Crippen molar-refractivity contribution in [3.05, 3.63) is 75.3 Å². The molecule has 1 aromatic carbocycles. The van der Waals surface area contributed by atoms with Gasteiger partial charge < -0.3 is 10.4 Å². The highest BCUT2D eigenvalue weighted by molar-refractivity contribution is 6.30. The molecule has 0 fully saturated rings. The van der Waals surface area contributed by atoms with E-state index < -0.39 is 85.3 Å². The number of halogens is 10. The SMILES string of the molecule is O=C(NCCC(F)(F)F)c1nc(Cn2nc(-c3ccc(Cl)cc3)n(C[C@H](O)C(F)(F)F)c2=O)nn1-c1ncccc1C(F)(F)F. The first-order valence-electron chi connectivity index (χ1n) is 12.4. The van der Waals surface area contributed by atoms with Crippen molar-refractivity contribution in [1.29, 1.82) is 0 Å². The summed E-state index contributed by atoms with van der Waals surface area (Å²) in [6, 6.07) is 6.80. The van der Waals surface area contributed by atoms with Crippen molar-refractivity contribution in [1.82, 2.24) is 39.4 Å². The first-order chi connectivity index (χ1) is 20.8. The molecule has 0 aliphatic heterocycles. The zero-order valence-corrected chi connectivity index (χ0v) is 22.9. The molecule has 0 radical (unpaired) electrons. The van der Waals surface area contributed by atoms with E-state index in [1.54, 1.807) is 0 Å². The van der Waals surface area contributed by atoms with Crippen molar-refractivity contribution >= 4 is 17.5 Å². The van der Waals surface area contributed by atoms with Gasteiger partial charge in [-0.2, -0.15) is 44.2 Å². The summed E-state index contributed by atoms with van der Waals surface area (Å²) in [7, 11) is 0. The number of aliphatic hydroxyl groups excluding tert-OH is 1. The van der Waals surface area contributed by atoms with E-state index in [1.165, 1.54) is 24.3 Å². The second-order valence-corrected chi connectivity index (χ2v) is 9.63. The number of benzene rings is 1. The Labute approximate surface area is 249 Å². The second kappa shape index (κ2) is 12.5. The summed E-state index contributed by atoms with van der Waals surface area (Å²) in [4.78, 5) is 33.3. The summed E-state index contributed by atoms with van der Waals surface area (Å²) in [5.41, 5.74) is -2.57. The fourth-order valence-corrected chi connectivity index (χ4v) is 3.96. The van der Waals surface area contributed by atoms with Crippen molar-refractivity contribution in [2.75, 3.05) is 6.54 Å². The van der Waals surface area contributed by atoms with Gasteiger partial charge in [0.2, 0.25) is 5.82 Å². The Balaban J connectivity index is 1.80. The van der Waals surface area contributed by atoms with Crippen molar-refractivity contribution < 1.29 is 49.4 Å². The van der Waals surface area contributed by atoms with Crippen LogP contribution in [0.25, 0.3) is 17.2 Å². The molecule has 4 aromatic rings. The zero-order valence-electron chi connectivity index (χ0n) is 22.1. The van der Waals surface area contributed by atoms with Gasteiger partial charge >= 0.3 is 24.2 Å². The minimum absolute atomic E-state index is 0.0798. The Kier molecular flexibility index (Phi) is 9.29. The third-order valence-electron chi connectivity index (χ3n) is 5.89. The summed E-state index contributed by atoms with van der Waals surface area (Å²) in [5.74, 6) is -4.30. The predicted molar refractivity (Wildman–Crippen MR) is 135 cm³/mol. The maximum absolute atomic E-state index is 13.7. The Morgan fingerprint density at radius 2 is 1.67 bits per heavy atom. The quantitative estimate of drug-likeness (QED) is 0.257. The molecule has 11 nitrogen and oxygen atoms in total. The minimum atomic E-state index is -5.13. The molecule has 4 rings (SSSR count). The van der Waals surface area contributed by atoms with Gasteiger partial charge in [0.15, 0.2) is 23.6 Å². The van der Waals surface area contributed by atoms with Crippen LogP contribution >= 0.6 is 11.6 Å². The van der Waals surface area contributed by atoms with Crippen LogP contribution < -0.4 is 11.0 Å². The first kappa shape index (κ1) is 33.4. The van der Waals surface area contributed by atoms with E-state index >= 15 is 0 Å². The molecule has 21 heteroatoms. The summed E-state index contributed by atoms with van der Waals surface area (Å²) in [6.07, 6.45) is -18.4. The molecule has 0 aliphatic carbocycles. The van der Waals surface area contributed by atoms with E-state index in [0.29, 0.717) is 20.0 Å². The van der Waals surface area contributed by atoms with E-state index in [-0.39, 0.29) is 16.4 Å². The van der Waals surface area contributed by atoms with Gasteiger partial charge in [0.1, 0.15) is 12.1 Å². The molecule has 0 unspecified atom stereocenters. The highest BCUT2D eigenvalue weighted by Gasteiger charge is 2.40. The van der Waals surface area contributed by atoms with Gasteiger partial charge in [-0.05, 0) is 36.4 Å². The molecule has 3 heterocycles. The van der Waals surface area contributed by atoms with Gasteiger partial charge in [0, 0.05) is 23.3 Å². The number of pyridine rings is 1. The normalized spacial score (nSPS) is 13.2. The number of carbonyl (C=O) groups excluding carboxylic acids is 1. The average Bonchev–Trinajstić information content (AvgIpc) is 3.49. The molecular formula is C24H18ClF9N8O3. The lowest BCUT2D eigenvalue weighted by atomic mass is 10.2. The minimum Gasteiger partial charge on any atom is -0.382 e. The van der Waals surface area contributed by atoms with Gasteiger partial charge in [-0.15, -0.1) is 10.2 Å². The molecule has 1 atom stereocenters. The molecule has 3 aromatic heterocycles. The van der Waals surface area contributed by atoms with Gasteiger partial charge in [-0.3, -0.25) is 9.36 Å². The largest absolute Gasteiger partial charge is 0.420 e. The lowest BCUT2D eigenvalue weighted by Gasteiger charge is -2.15. The highest BCUT2D eigenvalue weighted by atomic mass is 35.5. The number of nitrogens with one attached hydrogen (secondary N) is 1. The predicted octanol–water partition coefficient (Wildman–Crippen LogP) is 4.01. The van der Waals surface area contributed by atoms with E-state index in [9.17, 15) is 54.2 Å². The average molecular weight is 673 g/mol. The van der Waals surface area contributed by atoms with E-state index in [1.807, 2.05) is 5.32 Å². The molecule has 0 spiro atoms. The van der Waals surface area contributed by atoms with E-state index in [2.05, 4.69) is 20.2 Å². The van der Waals surface area contributed by atoms with Crippen LogP contribution in [-0.4, -0.2) is 70.1 Å². The second-order valence-electron chi connectivity index (χ2n) is 9.20. The Morgan fingerprint density at radius 1 is 1.00 bits per heavy atom. The van der Waals surface area contributed by atoms with E-state index in [0.717, 1.165) is 12.3 Å². The fourth-order valence-electron chi connectivity index (χ4n) is 3.83. The Morgan fingerprint density at radius 3 is 2.27 bits per heavy atom. The smallest absolute Gasteiger partial charge is 0.382 e. The molecular weight excluding hydrogens is 655 g/mol. The van der Waals surface area contributed by atoms with Crippen LogP contribution in [0, 0.1) is 0 Å². The number of aromatic nitrogens is 7. The van der Waals surface area contributed by atoms with Gasteiger partial charge in [-0.1, -0.05) is 11.6 Å². The molecule has 242 valence electrons. The molecule has 0 saturated heterocycles. The van der Waals surface area contributed by atoms with Crippen LogP contribution in [0.5, 0.6) is 0 Å². The first-order valence-corrected chi connectivity index (χ1v) is 12.7. The number of aliphatic hydroxyl groups is 1. The lowest BCUT2D eigenvalue weighted by Crippen LogP contribution is -2.37. The van der Waals surface area contributed by atoms with Gasteiger partial charge in [-0.25, -0.2) is 19.4 Å². The maximum Gasteiger partial charge on any atom is 0.420 e. The van der Waals surface area contributed by atoms with Gasteiger partial charge in [0.05, 0.1) is 13.0 Å². The van der Waals surface area contributed by atoms with E-state index in [4.69, 9.17) is 11.6 Å². The van der Waals surface area contributed by atoms with Crippen molar-refractivity contribution in [2.45, 2.75) is 44.1 Å². The molecule has 45 heavy (non-hydrogen) atoms. The van der Waals surface area contributed by atoms with Crippen LogP contribution in [0.2, 0.25) is 5.02 Å². The molecule has 2 N–H and O–H groups in total. The highest BCUT2D eigenvalue weighted by Crippen LogP contribution is 2.33. The lowest BCUT2D eigenvalue weighted by molar-refractivity contribution is -0.207. The third-order valence-corrected chi connectivity index (χ3v) is 6.14. The third kappa shape index (κ3) is 7.98. The summed E-state index contributed by atoms with van der Waals surface area (Å²) in [5, 5.41) is 19.5. The van der Waals surface area contributed by atoms with Gasteiger partial charge in [0.25, 0.3) is 5.91 Å².